The number of likely N-dealkylation sites (N-methyl/N-ethyl adjacent to an activating group) is 2. The van der Waals surface area contributed by atoms with Gasteiger partial charge in [-0.25, -0.2) is 0 Å². The number of aldehydes is 1. The third-order valence-electron chi connectivity index (χ3n) is 5.41. The summed E-state index contributed by atoms with van der Waals surface area (Å²) in [7, 11) is 3.28. The summed E-state index contributed by atoms with van der Waals surface area (Å²) >= 11 is 0. The van der Waals surface area contributed by atoms with E-state index >= 15 is 0 Å². The molecule has 37 heavy (non-hydrogen) atoms. The number of ether oxygens (including phenoxy) is 2. The van der Waals surface area contributed by atoms with Crippen LogP contribution in [0.4, 0.5) is 0 Å². The van der Waals surface area contributed by atoms with Crippen molar-refractivity contribution in [1.82, 2.24) is 9.80 Å². The minimum Gasteiger partial charge on any atom is -0.374 e. The zero-order chi connectivity index (χ0) is 29.9. The Bertz CT molecular complexity index is 620. The van der Waals surface area contributed by atoms with E-state index in [1.54, 1.807) is 46.7 Å². The highest BCUT2D eigenvalue weighted by atomic mass is 16.5. The molecule has 0 saturated carbocycles. The lowest BCUT2D eigenvalue weighted by Gasteiger charge is -2.36. The number of Topliss-reactive ketones (excluding diaryl/α,β-unsaturated/α-hetero) is 1. The average Bonchev–Trinajstić information content (AvgIpc) is 2.77. The van der Waals surface area contributed by atoms with E-state index < -0.39 is 16.7 Å². The summed E-state index contributed by atoms with van der Waals surface area (Å²) < 4.78 is 11.5. The lowest BCUT2D eigenvalue weighted by Crippen LogP contribution is -2.54. The molecule has 0 spiro atoms. The SMILES string of the molecule is CC(C)C.CN(CC(=O)C(C)(C)N(C)CC=O)C(=O)C(C)(C)OCCC(C)(C)OCCN.NCCCN. The van der Waals surface area contributed by atoms with E-state index in [1.165, 1.54) is 4.90 Å². The first-order valence-corrected chi connectivity index (χ1v) is 13.2. The van der Waals surface area contributed by atoms with Gasteiger partial charge in [-0.2, -0.15) is 0 Å². The monoisotopic (exact) mass is 533 g/mol. The Hall–Kier alpha value is -1.43. The molecule has 0 unspecified atom stereocenters. The highest BCUT2D eigenvalue weighted by molar-refractivity contribution is 5.94. The maximum atomic E-state index is 12.8. The van der Waals surface area contributed by atoms with Crippen LogP contribution in [0.2, 0.25) is 0 Å². The van der Waals surface area contributed by atoms with Crippen LogP contribution in [0.5, 0.6) is 0 Å². The molecule has 0 atom stereocenters. The van der Waals surface area contributed by atoms with Crippen molar-refractivity contribution in [3.8, 4) is 0 Å². The lowest BCUT2D eigenvalue weighted by molar-refractivity contribution is -0.157. The second kappa shape index (κ2) is 20.5. The fraction of sp³-hybridized carbons (Fsp3) is 0.889. The molecule has 0 aromatic rings. The molecule has 0 aliphatic carbocycles. The minimum absolute atomic E-state index is 0.0626. The van der Waals surface area contributed by atoms with Gasteiger partial charge in [0.1, 0.15) is 11.9 Å². The first-order chi connectivity index (χ1) is 16.9. The highest BCUT2D eigenvalue weighted by Crippen LogP contribution is 2.20. The van der Waals surface area contributed by atoms with Gasteiger partial charge in [0.2, 0.25) is 0 Å². The predicted molar refractivity (Wildman–Crippen MR) is 152 cm³/mol. The summed E-state index contributed by atoms with van der Waals surface area (Å²) in [5.41, 5.74) is 13.3. The summed E-state index contributed by atoms with van der Waals surface area (Å²) in [4.78, 5) is 39.2. The minimum atomic E-state index is -1.07. The molecule has 222 valence electrons. The standard InChI is InChI=1S/C20H39N3O5.C4H10.C3H10N2/c1-18(2,27-14-10-21)9-13-28-20(5,6)17(26)22(7)15-16(25)19(3,4)23(8)11-12-24;1-4(2)3;4-2-1-3-5/h12H,9-11,13-15,21H2,1-8H3;4H,1-3H3;1-5H2. The number of ketones is 1. The fourth-order valence-corrected chi connectivity index (χ4v) is 2.63. The molecule has 0 heterocycles. The van der Waals surface area contributed by atoms with Gasteiger partial charge < -0.3 is 36.4 Å². The first-order valence-electron chi connectivity index (χ1n) is 13.2. The number of hydrogen-bond acceptors (Lipinski definition) is 9. The van der Waals surface area contributed by atoms with Gasteiger partial charge in [-0.15, -0.1) is 0 Å². The number of nitrogens with two attached hydrogens (primary N) is 3. The largest absolute Gasteiger partial charge is 0.374 e. The van der Waals surface area contributed by atoms with Gasteiger partial charge in [0.15, 0.2) is 5.78 Å². The van der Waals surface area contributed by atoms with Gasteiger partial charge in [0.25, 0.3) is 5.91 Å². The van der Waals surface area contributed by atoms with Crippen LogP contribution >= 0.6 is 0 Å². The van der Waals surface area contributed by atoms with Gasteiger partial charge in [-0.1, -0.05) is 20.8 Å². The molecular formula is C27H59N5O5. The topological polar surface area (TPSA) is 154 Å². The van der Waals surface area contributed by atoms with Crippen molar-refractivity contribution in [2.45, 2.75) is 91.9 Å². The molecule has 0 aromatic carbocycles. The Labute approximate surface area is 226 Å². The van der Waals surface area contributed by atoms with Gasteiger partial charge in [0.05, 0.1) is 37.4 Å². The van der Waals surface area contributed by atoms with E-state index in [4.69, 9.17) is 26.7 Å². The van der Waals surface area contributed by atoms with Crippen LogP contribution in [0.3, 0.4) is 0 Å². The van der Waals surface area contributed by atoms with Gasteiger partial charge in [0, 0.05) is 13.6 Å². The first kappa shape index (κ1) is 40.1. The molecule has 0 aliphatic rings. The molecule has 0 aromatic heterocycles. The molecule has 0 radical (unpaired) electrons. The summed E-state index contributed by atoms with van der Waals surface area (Å²) in [5.74, 6) is 0.398. The summed E-state index contributed by atoms with van der Waals surface area (Å²) in [6.07, 6.45) is 2.30. The van der Waals surface area contributed by atoms with Crippen LogP contribution in [0.1, 0.15) is 75.2 Å². The predicted octanol–water partition coefficient (Wildman–Crippen LogP) is 1.82. The van der Waals surface area contributed by atoms with Gasteiger partial charge in [-0.05, 0) is 80.4 Å². The summed E-state index contributed by atoms with van der Waals surface area (Å²) in [6.45, 7) is 20.0. The number of carbonyl (C=O) groups excluding carboxylic acids is 3. The Kier molecular flexibility index (Phi) is 22.2. The number of rotatable bonds is 16. The van der Waals surface area contributed by atoms with E-state index in [0.717, 1.165) is 31.7 Å². The highest BCUT2D eigenvalue weighted by Gasteiger charge is 2.37. The normalized spacial score (nSPS) is 11.9. The van der Waals surface area contributed by atoms with Crippen molar-refractivity contribution in [3.05, 3.63) is 0 Å². The summed E-state index contributed by atoms with van der Waals surface area (Å²) in [5, 5.41) is 0. The number of nitrogens with zero attached hydrogens (tertiary/aromatic N) is 2. The van der Waals surface area contributed by atoms with Crippen molar-refractivity contribution >= 4 is 18.0 Å². The number of amides is 1. The zero-order valence-electron chi connectivity index (χ0n) is 25.7. The van der Waals surface area contributed by atoms with Gasteiger partial charge >= 0.3 is 0 Å². The molecular weight excluding hydrogens is 474 g/mol. The lowest BCUT2D eigenvalue weighted by atomic mass is 9.96. The fourth-order valence-electron chi connectivity index (χ4n) is 2.63. The summed E-state index contributed by atoms with van der Waals surface area (Å²) in [6, 6.07) is 0. The molecule has 0 bridgehead atoms. The molecule has 10 heteroatoms. The van der Waals surface area contributed by atoms with Crippen molar-refractivity contribution in [2.24, 2.45) is 23.1 Å². The van der Waals surface area contributed by atoms with E-state index in [0.29, 0.717) is 26.2 Å². The number of hydrogen-bond donors (Lipinski definition) is 3. The molecule has 6 N–H and O–H groups in total. The van der Waals surface area contributed by atoms with Crippen LogP contribution in [-0.2, 0) is 23.9 Å². The second-order valence-electron chi connectivity index (χ2n) is 11.4. The molecule has 0 aliphatic heterocycles. The van der Waals surface area contributed by atoms with Crippen LogP contribution in [-0.4, -0.2) is 105 Å². The Morgan fingerprint density at radius 1 is 0.865 bits per heavy atom. The van der Waals surface area contributed by atoms with Crippen molar-refractivity contribution in [1.29, 1.82) is 0 Å². The third kappa shape index (κ3) is 20.2. The Balaban J connectivity index is -0.00000109. The van der Waals surface area contributed by atoms with Crippen molar-refractivity contribution in [2.75, 3.05) is 60.0 Å². The van der Waals surface area contributed by atoms with Crippen LogP contribution in [0.25, 0.3) is 0 Å². The van der Waals surface area contributed by atoms with Crippen LogP contribution in [0, 0.1) is 5.92 Å². The van der Waals surface area contributed by atoms with Gasteiger partial charge in [-0.3, -0.25) is 14.5 Å². The Morgan fingerprint density at radius 2 is 1.35 bits per heavy atom. The molecule has 0 fully saturated rings. The molecule has 0 saturated heterocycles. The van der Waals surface area contributed by atoms with E-state index in [2.05, 4.69) is 20.8 Å². The second-order valence-corrected chi connectivity index (χ2v) is 11.4. The molecule has 0 rings (SSSR count). The molecule has 10 nitrogen and oxygen atoms in total. The van der Waals surface area contributed by atoms with E-state index in [9.17, 15) is 14.4 Å². The quantitative estimate of drug-likeness (QED) is 0.252. The van der Waals surface area contributed by atoms with Crippen molar-refractivity contribution in [3.63, 3.8) is 0 Å². The maximum absolute atomic E-state index is 12.8. The smallest absolute Gasteiger partial charge is 0.254 e. The van der Waals surface area contributed by atoms with Crippen molar-refractivity contribution < 1.29 is 23.9 Å². The maximum Gasteiger partial charge on any atom is 0.254 e. The Morgan fingerprint density at radius 3 is 1.73 bits per heavy atom. The number of carbonyl (C=O) groups is 3. The van der Waals surface area contributed by atoms with E-state index in [-0.39, 0.29) is 24.8 Å². The third-order valence-corrected chi connectivity index (χ3v) is 5.41. The van der Waals surface area contributed by atoms with Crippen LogP contribution < -0.4 is 17.2 Å². The van der Waals surface area contributed by atoms with E-state index in [1.807, 2.05) is 13.8 Å². The molecule has 1 amide bonds. The average molecular weight is 534 g/mol. The zero-order valence-corrected chi connectivity index (χ0v) is 25.7. The van der Waals surface area contributed by atoms with Crippen LogP contribution in [0.15, 0.2) is 0 Å².